The van der Waals surface area contributed by atoms with Crippen LogP contribution in [0.2, 0.25) is 0 Å². The Morgan fingerprint density at radius 2 is 1.90 bits per heavy atom. The number of rotatable bonds is 7. The lowest BCUT2D eigenvalue weighted by Gasteiger charge is -2.12. The van der Waals surface area contributed by atoms with Crippen LogP contribution in [-0.2, 0) is 0 Å². The number of phenols is 1. The van der Waals surface area contributed by atoms with Crippen LogP contribution < -0.4 is 10.1 Å². The first-order valence-corrected chi connectivity index (χ1v) is 7.72. The largest absolute Gasteiger partial charge is 0.508 e. The number of ether oxygens (including phenoxy) is 1. The molecule has 0 unspecified atom stereocenters. The number of aromatic hydroxyl groups is 1. The van der Waals surface area contributed by atoms with Crippen LogP contribution in [0.1, 0.15) is 52.4 Å². The highest BCUT2D eigenvalue weighted by Crippen LogP contribution is 2.36. The molecule has 1 heterocycles. The lowest BCUT2D eigenvalue weighted by Crippen LogP contribution is -2.04. The highest BCUT2D eigenvalue weighted by molar-refractivity contribution is 5.65. The van der Waals surface area contributed by atoms with E-state index in [-0.39, 0.29) is 5.75 Å². The maximum Gasteiger partial charge on any atom is 0.194 e. The Morgan fingerprint density at radius 1 is 1.20 bits per heavy atom. The van der Waals surface area contributed by atoms with Gasteiger partial charge in [-0.2, -0.15) is 0 Å². The molecule has 1 aromatic rings. The third-order valence-corrected chi connectivity index (χ3v) is 3.69. The number of hydrogen-bond donors (Lipinski definition) is 2. The molecule has 2 N–H and O–H groups in total. The smallest absolute Gasteiger partial charge is 0.194 e. The van der Waals surface area contributed by atoms with Gasteiger partial charge in [-0.15, -0.1) is 0 Å². The predicted molar refractivity (Wildman–Crippen MR) is 83.0 cm³/mol. The second-order valence-corrected chi connectivity index (χ2v) is 5.48. The zero-order chi connectivity index (χ0) is 14.4. The zero-order valence-corrected chi connectivity index (χ0v) is 12.5. The summed E-state index contributed by atoms with van der Waals surface area (Å²) in [4.78, 5) is 0. The first-order chi connectivity index (χ1) is 9.72. The molecule has 1 aliphatic rings. The minimum atomic E-state index is 0.236. The summed E-state index contributed by atoms with van der Waals surface area (Å²) in [6.07, 6.45) is 9.61. The lowest BCUT2D eigenvalue weighted by molar-refractivity contribution is 0.425. The monoisotopic (exact) mass is 275 g/mol. The van der Waals surface area contributed by atoms with Gasteiger partial charge in [0.05, 0.1) is 5.69 Å². The first-order valence-electron chi connectivity index (χ1n) is 7.72. The quantitative estimate of drug-likeness (QED) is 0.685. The van der Waals surface area contributed by atoms with Gasteiger partial charge in [-0.3, -0.25) is 0 Å². The molecule has 0 saturated carbocycles. The average Bonchev–Trinajstić information content (AvgIpc) is 2.83. The summed E-state index contributed by atoms with van der Waals surface area (Å²) in [5, 5.41) is 12.7. The fourth-order valence-electron chi connectivity index (χ4n) is 2.51. The molecule has 0 amide bonds. The van der Waals surface area contributed by atoms with Crippen molar-refractivity contribution in [3.05, 3.63) is 30.2 Å². The maximum atomic E-state index is 9.47. The number of unbranched alkanes of at least 4 members (excludes halogenated alkanes) is 2. The molecular formula is C17H25NO2. The second kappa shape index (κ2) is 7.22. The van der Waals surface area contributed by atoms with E-state index < -0.39 is 0 Å². The summed E-state index contributed by atoms with van der Waals surface area (Å²) in [6.45, 7) is 4.46. The van der Waals surface area contributed by atoms with E-state index in [1.165, 1.54) is 38.5 Å². The lowest BCUT2D eigenvalue weighted by atomic mass is 9.96. The van der Waals surface area contributed by atoms with Gasteiger partial charge in [-0.05, 0) is 37.0 Å². The molecule has 20 heavy (non-hydrogen) atoms. The van der Waals surface area contributed by atoms with Gasteiger partial charge in [0.15, 0.2) is 11.6 Å². The minimum Gasteiger partial charge on any atom is -0.508 e. The molecule has 0 saturated heterocycles. The van der Waals surface area contributed by atoms with Crippen LogP contribution in [0.25, 0.3) is 0 Å². The van der Waals surface area contributed by atoms with E-state index >= 15 is 0 Å². The van der Waals surface area contributed by atoms with Crippen LogP contribution >= 0.6 is 0 Å². The molecule has 0 spiro atoms. The third-order valence-electron chi connectivity index (χ3n) is 3.69. The fraction of sp³-hybridized carbons (Fsp3) is 0.529. The van der Waals surface area contributed by atoms with Crippen LogP contribution in [0.4, 0.5) is 5.69 Å². The first kappa shape index (κ1) is 14.8. The molecule has 110 valence electrons. The molecule has 2 rings (SSSR count). The molecule has 1 aliphatic heterocycles. The standard InChI is InChI=1S/C17H25NO2/c1-3-5-7-13(8-6-4-2)11-17-18-15-10-9-14(19)12-16(15)20-17/h9-13,18-19H,3-8H2,1-2H3. The summed E-state index contributed by atoms with van der Waals surface area (Å²) in [5.41, 5.74) is 0.929. The van der Waals surface area contributed by atoms with Crippen LogP contribution in [0, 0.1) is 5.92 Å². The molecular weight excluding hydrogens is 250 g/mol. The maximum absolute atomic E-state index is 9.47. The highest BCUT2D eigenvalue weighted by Gasteiger charge is 2.18. The zero-order valence-electron chi connectivity index (χ0n) is 12.5. The fourth-order valence-corrected chi connectivity index (χ4v) is 2.51. The van der Waals surface area contributed by atoms with Crippen molar-refractivity contribution in [3.8, 4) is 11.5 Å². The van der Waals surface area contributed by atoms with Crippen molar-refractivity contribution >= 4 is 5.69 Å². The number of allylic oxidation sites excluding steroid dienone is 1. The van der Waals surface area contributed by atoms with Crippen LogP contribution in [-0.4, -0.2) is 5.11 Å². The van der Waals surface area contributed by atoms with Crippen molar-refractivity contribution in [2.45, 2.75) is 52.4 Å². The van der Waals surface area contributed by atoms with Gasteiger partial charge in [0.2, 0.25) is 0 Å². The highest BCUT2D eigenvalue weighted by atomic mass is 16.5. The molecule has 1 aromatic carbocycles. The summed E-state index contributed by atoms with van der Waals surface area (Å²) in [6, 6.07) is 5.17. The topological polar surface area (TPSA) is 41.5 Å². The number of fused-ring (bicyclic) bond motifs is 1. The summed E-state index contributed by atoms with van der Waals surface area (Å²) < 4.78 is 5.77. The molecule has 0 fully saturated rings. The average molecular weight is 275 g/mol. The second-order valence-electron chi connectivity index (χ2n) is 5.48. The van der Waals surface area contributed by atoms with Crippen LogP contribution in [0.3, 0.4) is 0 Å². The molecule has 0 bridgehead atoms. The van der Waals surface area contributed by atoms with E-state index in [9.17, 15) is 5.11 Å². The summed E-state index contributed by atoms with van der Waals surface area (Å²) in [7, 11) is 0. The number of nitrogens with one attached hydrogen (secondary N) is 1. The Kier molecular flexibility index (Phi) is 5.33. The van der Waals surface area contributed by atoms with Gasteiger partial charge in [-0.25, -0.2) is 0 Å². The van der Waals surface area contributed by atoms with E-state index in [2.05, 4.69) is 25.2 Å². The summed E-state index contributed by atoms with van der Waals surface area (Å²) >= 11 is 0. The number of benzene rings is 1. The van der Waals surface area contributed by atoms with Crippen molar-refractivity contribution < 1.29 is 9.84 Å². The van der Waals surface area contributed by atoms with Gasteiger partial charge < -0.3 is 15.2 Å². The van der Waals surface area contributed by atoms with Crippen molar-refractivity contribution in [1.82, 2.24) is 0 Å². The van der Waals surface area contributed by atoms with E-state index in [0.29, 0.717) is 11.7 Å². The van der Waals surface area contributed by atoms with Gasteiger partial charge in [0.1, 0.15) is 5.75 Å². The number of phenolic OH excluding ortho intramolecular Hbond substituents is 1. The normalized spacial score (nSPS) is 15.2. The number of hydrogen-bond acceptors (Lipinski definition) is 3. The van der Waals surface area contributed by atoms with Gasteiger partial charge in [-0.1, -0.05) is 39.5 Å². The van der Waals surface area contributed by atoms with Crippen LogP contribution in [0.15, 0.2) is 30.2 Å². The molecule has 0 aromatic heterocycles. The van der Waals surface area contributed by atoms with Gasteiger partial charge >= 0.3 is 0 Å². The predicted octanol–water partition coefficient (Wildman–Crippen LogP) is 5.03. The Bertz CT molecular complexity index is 460. The molecule has 3 nitrogen and oxygen atoms in total. The van der Waals surface area contributed by atoms with Gasteiger partial charge in [0.25, 0.3) is 0 Å². The van der Waals surface area contributed by atoms with Gasteiger partial charge in [0, 0.05) is 6.07 Å². The van der Waals surface area contributed by atoms with Crippen LogP contribution in [0.5, 0.6) is 11.5 Å². The van der Waals surface area contributed by atoms with E-state index in [0.717, 1.165) is 11.6 Å². The van der Waals surface area contributed by atoms with E-state index in [1.807, 2.05) is 6.07 Å². The summed E-state index contributed by atoms with van der Waals surface area (Å²) in [5.74, 6) is 2.32. The molecule has 3 heteroatoms. The molecule has 0 atom stereocenters. The minimum absolute atomic E-state index is 0.236. The number of anilines is 1. The van der Waals surface area contributed by atoms with Crippen molar-refractivity contribution in [2.75, 3.05) is 5.32 Å². The SMILES string of the molecule is CCCCC(C=C1Nc2ccc(O)cc2O1)CCCC. The van der Waals surface area contributed by atoms with E-state index in [1.54, 1.807) is 12.1 Å². The van der Waals surface area contributed by atoms with E-state index in [4.69, 9.17) is 4.74 Å². The van der Waals surface area contributed by atoms with Crippen molar-refractivity contribution in [2.24, 2.45) is 5.92 Å². The molecule has 0 aliphatic carbocycles. The Balaban J connectivity index is 2.02. The van der Waals surface area contributed by atoms with Crippen molar-refractivity contribution in [3.63, 3.8) is 0 Å². The Labute approximate surface area is 121 Å². The molecule has 0 radical (unpaired) electrons. The van der Waals surface area contributed by atoms with Crippen molar-refractivity contribution in [1.29, 1.82) is 0 Å². The third kappa shape index (κ3) is 3.92. The Hall–Kier alpha value is -1.64. The Morgan fingerprint density at radius 3 is 2.55 bits per heavy atom.